The molecule has 0 fully saturated rings. The van der Waals surface area contributed by atoms with Crippen LogP contribution in [0.5, 0.6) is 0 Å². The van der Waals surface area contributed by atoms with E-state index in [0.717, 1.165) is 11.3 Å². The number of carbonyl (C=O) groups excluding carboxylic acids is 2. The molecular formula is C21H17N3O2. The van der Waals surface area contributed by atoms with Crippen molar-refractivity contribution in [2.45, 2.75) is 6.54 Å². The van der Waals surface area contributed by atoms with Gasteiger partial charge in [0, 0.05) is 11.3 Å². The Morgan fingerprint density at radius 2 is 1.58 bits per heavy atom. The van der Waals surface area contributed by atoms with Gasteiger partial charge in [-0.15, -0.1) is 0 Å². The van der Waals surface area contributed by atoms with E-state index >= 15 is 0 Å². The van der Waals surface area contributed by atoms with E-state index in [1.54, 1.807) is 12.1 Å². The number of nitrogens with one attached hydrogen (secondary N) is 2. The average Bonchev–Trinajstić information content (AvgIpc) is 2.69. The Morgan fingerprint density at radius 1 is 0.885 bits per heavy atom. The van der Waals surface area contributed by atoms with Gasteiger partial charge >= 0.3 is 0 Å². The quantitative estimate of drug-likeness (QED) is 0.762. The zero-order valence-corrected chi connectivity index (χ0v) is 14.0. The summed E-state index contributed by atoms with van der Waals surface area (Å²) in [5, 5.41) is 4.62. The molecule has 5 nitrogen and oxygen atoms in total. The van der Waals surface area contributed by atoms with E-state index in [1.165, 1.54) is 5.01 Å². The first-order valence-corrected chi connectivity index (χ1v) is 8.34. The molecule has 1 aliphatic rings. The third-order valence-corrected chi connectivity index (χ3v) is 4.28. The number of hydrogen-bond acceptors (Lipinski definition) is 3. The lowest BCUT2D eigenvalue weighted by Gasteiger charge is -2.29. The highest BCUT2D eigenvalue weighted by molar-refractivity contribution is 6.04. The van der Waals surface area contributed by atoms with Gasteiger partial charge in [0.05, 0.1) is 17.8 Å². The molecule has 3 aromatic carbocycles. The Kier molecular flexibility index (Phi) is 4.11. The molecule has 5 heteroatoms. The van der Waals surface area contributed by atoms with Gasteiger partial charge in [0.25, 0.3) is 11.8 Å². The highest BCUT2D eigenvalue weighted by Crippen LogP contribution is 2.24. The first kappa shape index (κ1) is 15.9. The average molecular weight is 343 g/mol. The molecule has 1 heterocycles. The molecule has 0 atom stereocenters. The van der Waals surface area contributed by atoms with Crippen molar-refractivity contribution in [1.29, 1.82) is 0 Å². The van der Waals surface area contributed by atoms with Gasteiger partial charge < -0.3 is 5.32 Å². The molecule has 2 amide bonds. The maximum atomic E-state index is 13.0. The van der Waals surface area contributed by atoms with Crippen molar-refractivity contribution in [2.24, 2.45) is 0 Å². The van der Waals surface area contributed by atoms with Crippen molar-refractivity contribution in [2.75, 3.05) is 5.32 Å². The Bertz CT molecular complexity index is 970. The third kappa shape index (κ3) is 3.02. The summed E-state index contributed by atoms with van der Waals surface area (Å²) in [6, 6.07) is 24.2. The van der Waals surface area contributed by atoms with Crippen LogP contribution in [0, 0.1) is 0 Å². The predicted molar refractivity (Wildman–Crippen MR) is 99.9 cm³/mol. The topological polar surface area (TPSA) is 61.4 Å². The number of anilines is 2. The number of nitrogens with zero attached hydrogens (tertiary/aromatic N) is 1. The van der Waals surface area contributed by atoms with Crippen molar-refractivity contribution >= 4 is 23.2 Å². The normalized spacial score (nSPS) is 12.9. The number of hydrazine groups is 1. The molecule has 0 bridgehead atoms. The van der Waals surface area contributed by atoms with Crippen LogP contribution in [0.1, 0.15) is 26.3 Å². The van der Waals surface area contributed by atoms with Crippen LogP contribution in [0.4, 0.5) is 11.4 Å². The van der Waals surface area contributed by atoms with Crippen LogP contribution in [0.25, 0.3) is 0 Å². The van der Waals surface area contributed by atoms with Gasteiger partial charge in [-0.1, -0.05) is 48.5 Å². The largest absolute Gasteiger partial charge is 0.355 e. The highest BCUT2D eigenvalue weighted by atomic mass is 16.2. The van der Waals surface area contributed by atoms with Gasteiger partial charge in [-0.05, 0) is 35.9 Å². The number of hydrogen-bond donors (Lipinski definition) is 2. The fourth-order valence-electron chi connectivity index (χ4n) is 3.00. The van der Waals surface area contributed by atoms with Crippen molar-refractivity contribution in [3.05, 3.63) is 95.6 Å². The summed E-state index contributed by atoms with van der Waals surface area (Å²) >= 11 is 0. The molecule has 0 spiro atoms. The lowest BCUT2D eigenvalue weighted by molar-refractivity contribution is 0.0540. The van der Waals surface area contributed by atoms with Gasteiger partial charge in [0.1, 0.15) is 0 Å². The number of benzene rings is 3. The Balaban J connectivity index is 1.62. The standard InChI is InChI=1S/C21H17N3O2/c25-20-17-11-5-4-8-15(17)14-24(23-20)21(26)18-12-6-7-13-19(18)22-16-9-2-1-3-10-16/h1-13,22H,14H2,(H,23,25). The van der Waals surface area contributed by atoms with Crippen LogP contribution in [-0.4, -0.2) is 16.8 Å². The summed E-state index contributed by atoms with van der Waals surface area (Å²) in [4.78, 5) is 25.3. The second kappa shape index (κ2) is 6.72. The molecule has 0 aliphatic carbocycles. The second-order valence-corrected chi connectivity index (χ2v) is 6.03. The molecule has 0 unspecified atom stereocenters. The maximum absolute atomic E-state index is 13.0. The Hall–Kier alpha value is -3.60. The molecule has 0 saturated carbocycles. The molecule has 128 valence electrons. The Morgan fingerprint density at radius 3 is 2.42 bits per heavy atom. The minimum atomic E-state index is -0.270. The monoisotopic (exact) mass is 343 g/mol. The van der Waals surface area contributed by atoms with Gasteiger partial charge in [0.15, 0.2) is 0 Å². The van der Waals surface area contributed by atoms with Gasteiger partial charge in [-0.25, -0.2) is 5.01 Å². The van der Waals surface area contributed by atoms with Crippen molar-refractivity contribution in [3.8, 4) is 0 Å². The first-order valence-electron chi connectivity index (χ1n) is 8.34. The summed E-state index contributed by atoms with van der Waals surface area (Å²) < 4.78 is 0. The van der Waals surface area contributed by atoms with E-state index < -0.39 is 0 Å². The molecule has 26 heavy (non-hydrogen) atoms. The summed E-state index contributed by atoms with van der Waals surface area (Å²) in [5.41, 5.74) is 6.19. The van der Waals surface area contributed by atoms with Gasteiger partial charge in [0.2, 0.25) is 0 Å². The number of carbonyl (C=O) groups is 2. The molecule has 3 aromatic rings. The van der Waals surface area contributed by atoms with Crippen molar-refractivity contribution in [3.63, 3.8) is 0 Å². The summed E-state index contributed by atoms with van der Waals surface area (Å²) in [6.07, 6.45) is 0. The summed E-state index contributed by atoms with van der Waals surface area (Å²) in [6.45, 7) is 0.334. The van der Waals surface area contributed by atoms with Crippen LogP contribution >= 0.6 is 0 Å². The number of rotatable bonds is 3. The molecule has 0 saturated heterocycles. The Labute approximate surface area is 151 Å². The lowest BCUT2D eigenvalue weighted by atomic mass is 10.0. The fraction of sp³-hybridized carbons (Fsp3) is 0.0476. The minimum absolute atomic E-state index is 0.258. The molecule has 0 radical (unpaired) electrons. The van der Waals surface area contributed by atoms with Crippen LogP contribution in [-0.2, 0) is 6.54 Å². The number of amides is 2. The maximum Gasteiger partial charge on any atom is 0.274 e. The molecule has 2 N–H and O–H groups in total. The molecule has 0 aromatic heterocycles. The smallest absolute Gasteiger partial charge is 0.274 e. The number of fused-ring (bicyclic) bond motifs is 1. The van der Waals surface area contributed by atoms with E-state index in [0.29, 0.717) is 23.4 Å². The van der Waals surface area contributed by atoms with E-state index in [-0.39, 0.29) is 11.8 Å². The van der Waals surface area contributed by atoms with Gasteiger partial charge in [-0.3, -0.25) is 15.0 Å². The molecule has 4 rings (SSSR count). The van der Waals surface area contributed by atoms with Crippen LogP contribution < -0.4 is 10.7 Å². The van der Waals surface area contributed by atoms with Crippen LogP contribution in [0.15, 0.2) is 78.9 Å². The SMILES string of the molecule is O=C1NN(C(=O)c2ccccc2Nc2ccccc2)Cc2ccccc21. The van der Waals surface area contributed by atoms with Gasteiger partial charge in [-0.2, -0.15) is 0 Å². The molecular weight excluding hydrogens is 326 g/mol. The minimum Gasteiger partial charge on any atom is -0.355 e. The summed E-state index contributed by atoms with van der Waals surface area (Å²) in [5.74, 6) is -0.527. The molecule has 1 aliphatic heterocycles. The fourth-order valence-corrected chi connectivity index (χ4v) is 3.00. The van der Waals surface area contributed by atoms with E-state index in [9.17, 15) is 9.59 Å². The first-order chi connectivity index (χ1) is 12.7. The van der Waals surface area contributed by atoms with E-state index in [4.69, 9.17) is 0 Å². The highest BCUT2D eigenvalue weighted by Gasteiger charge is 2.27. The zero-order valence-electron chi connectivity index (χ0n) is 14.0. The summed E-state index contributed by atoms with van der Waals surface area (Å²) in [7, 11) is 0. The van der Waals surface area contributed by atoms with Crippen LogP contribution in [0.2, 0.25) is 0 Å². The zero-order chi connectivity index (χ0) is 17.9. The predicted octanol–water partition coefficient (Wildman–Crippen LogP) is 3.73. The third-order valence-electron chi connectivity index (χ3n) is 4.28. The van der Waals surface area contributed by atoms with Crippen LogP contribution in [0.3, 0.4) is 0 Å². The number of para-hydroxylation sites is 2. The van der Waals surface area contributed by atoms with Crippen molar-refractivity contribution < 1.29 is 9.59 Å². The van der Waals surface area contributed by atoms with E-state index in [2.05, 4.69) is 10.7 Å². The second-order valence-electron chi connectivity index (χ2n) is 6.03. The lowest BCUT2D eigenvalue weighted by Crippen LogP contribution is -2.49. The van der Waals surface area contributed by atoms with Crippen molar-refractivity contribution in [1.82, 2.24) is 10.4 Å². The van der Waals surface area contributed by atoms with E-state index in [1.807, 2.05) is 66.7 Å².